The molecule has 7 nitrogen and oxygen atoms in total. The molecule has 164 valence electrons. The second-order valence-electron chi connectivity index (χ2n) is 7.18. The number of furan rings is 1. The van der Waals surface area contributed by atoms with E-state index in [1.807, 2.05) is 0 Å². The quantitative estimate of drug-likeness (QED) is 0.336. The van der Waals surface area contributed by atoms with Gasteiger partial charge in [0, 0.05) is 10.7 Å². The molecule has 1 saturated heterocycles. The molecule has 1 N–H and O–H groups in total. The van der Waals surface area contributed by atoms with Crippen molar-refractivity contribution in [2.24, 2.45) is 0 Å². The van der Waals surface area contributed by atoms with Gasteiger partial charge in [-0.15, -0.1) is 0 Å². The van der Waals surface area contributed by atoms with Gasteiger partial charge in [0.1, 0.15) is 29.1 Å². The molecular weight excluding hydrogens is 434 g/mol. The lowest BCUT2D eigenvalue weighted by Crippen LogP contribution is -2.29. The van der Waals surface area contributed by atoms with E-state index < -0.39 is 23.5 Å². The van der Waals surface area contributed by atoms with Crippen molar-refractivity contribution in [2.45, 2.75) is 13.0 Å². The van der Waals surface area contributed by atoms with E-state index in [1.165, 1.54) is 31.4 Å². The van der Waals surface area contributed by atoms with E-state index in [0.717, 1.165) is 0 Å². The molecule has 1 aromatic heterocycles. The number of carbonyl (C=O) groups is 2. The SMILES string of the molecule is COc1ccc(OC)c(/C(O)=C2/C(=O)C(=O)N(c3ccc(Cl)cc3C)C2c2ccco2)c1. The largest absolute Gasteiger partial charge is 0.507 e. The van der Waals surface area contributed by atoms with Gasteiger partial charge in [0.25, 0.3) is 11.7 Å². The number of nitrogens with zero attached hydrogens (tertiary/aromatic N) is 1. The van der Waals surface area contributed by atoms with E-state index in [4.69, 9.17) is 25.5 Å². The Morgan fingerprint density at radius 1 is 1.09 bits per heavy atom. The topological polar surface area (TPSA) is 89.2 Å². The summed E-state index contributed by atoms with van der Waals surface area (Å²) in [7, 11) is 2.93. The number of benzene rings is 2. The molecule has 1 aliphatic rings. The number of Topliss-reactive ketones (excluding diaryl/α,β-unsaturated/α-hetero) is 1. The van der Waals surface area contributed by atoms with Gasteiger partial charge in [-0.3, -0.25) is 14.5 Å². The molecule has 1 amide bonds. The van der Waals surface area contributed by atoms with E-state index in [0.29, 0.717) is 33.5 Å². The van der Waals surface area contributed by atoms with Crippen molar-refractivity contribution in [1.29, 1.82) is 0 Å². The standard InChI is InChI=1S/C24H20ClNO6/c1-13-11-14(25)6-8-17(13)26-21(19-5-4-10-32-19)20(23(28)24(26)29)22(27)16-12-15(30-2)7-9-18(16)31-3/h4-12,21,27H,1-3H3/b22-20-. The first kappa shape index (κ1) is 21.5. The summed E-state index contributed by atoms with van der Waals surface area (Å²) in [6.07, 6.45) is 1.44. The Morgan fingerprint density at radius 2 is 1.88 bits per heavy atom. The van der Waals surface area contributed by atoms with Gasteiger partial charge in [-0.1, -0.05) is 11.6 Å². The smallest absolute Gasteiger partial charge is 0.300 e. The third-order valence-electron chi connectivity index (χ3n) is 5.34. The molecule has 4 rings (SSSR count). The van der Waals surface area contributed by atoms with Crippen LogP contribution >= 0.6 is 11.6 Å². The van der Waals surface area contributed by atoms with E-state index >= 15 is 0 Å². The lowest BCUT2D eigenvalue weighted by atomic mass is 9.98. The first-order valence-electron chi connectivity index (χ1n) is 9.70. The third-order valence-corrected chi connectivity index (χ3v) is 5.57. The lowest BCUT2D eigenvalue weighted by molar-refractivity contribution is -0.132. The summed E-state index contributed by atoms with van der Waals surface area (Å²) in [4.78, 5) is 27.7. The fourth-order valence-corrected chi connectivity index (χ4v) is 4.06. The summed E-state index contributed by atoms with van der Waals surface area (Å²) in [5, 5.41) is 11.8. The fraction of sp³-hybridized carbons (Fsp3) is 0.167. The Bertz CT molecular complexity index is 1230. The van der Waals surface area contributed by atoms with Crippen molar-refractivity contribution < 1.29 is 28.6 Å². The number of methoxy groups -OCH3 is 2. The number of aliphatic hydroxyl groups is 1. The van der Waals surface area contributed by atoms with Crippen LogP contribution < -0.4 is 14.4 Å². The number of ether oxygens (including phenoxy) is 2. The molecule has 3 aromatic rings. The van der Waals surface area contributed by atoms with Crippen molar-refractivity contribution >= 4 is 34.7 Å². The van der Waals surface area contributed by atoms with Gasteiger partial charge in [0.05, 0.1) is 31.6 Å². The summed E-state index contributed by atoms with van der Waals surface area (Å²) < 4.78 is 16.2. The van der Waals surface area contributed by atoms with Crippen molar-refractivity contribution in [2.75, 3.05) is 19.1 Å². The predicted octanol–water partition coefficient (Wildman–Crippen LogP) is 4.88. The number of amides is 1. The van der Waals surface area contributed by atoms with Crippen LogP contribution in [0.15, 0.2) is 64.8 Å². The van der Waals surface area contributed by atoms with E-state index in [1.54, 1.807) is 49.4 Å². The average Bonchev–Trinajstić information content (AvgIpc) is 3.40. The second-order valence-corrected chi connectivity index (χ2v) is 7.62. The van der Waals surface area contributed by atoms with Crippen LogP contribution in [0.1, 0.15) is 22.9 Å². The highest BCUT2D eigenvalue weighted by Crippen LogP contribution is 2.44. The van der Waals surface area contributed by atoms with Crippen LogP contribution in [0.4, 0.5) is 5.69 Å². The Balaban J connectivity index is 1.97. The van der Waals surface area contributed by atoms with Gasteiger partial charge < -0.3 is 19.0 Å². The lowest BCUT2D eigenvalue weighted by Gasteiger charge is -2.25. The van der Waals surface area contributed by atoms with Crippen LogP contribution in [-0.4, -0.2) is 31.0 Å². The van der Waals surface area contributed by atoms with Crippen LogP contribution in [0.3, 0.4) is 0 Å². The van der Waals surface area contributed by atoms with Gasteiger partial charge >= 0.3 is 0 Å². The molecule has 0 aliphatic carbocycles. The van der Waals surface area contributed by atoms with Crippen LogP contribution in [0.25, 0.3) is 5.76 Å². The molecule has 0 saturated carbocycles. The molecule has 1 unspecified atom stereocenters. The number of ketones is 1. The van der Waals surface area contributed by atoms with Crippen LogP contribution in [0.5, 0.6) is 11.5 Å². The highest BCUT2D eigenvalue weighted by atomic mass is 35.5. The number of hydrogen-bond acceptors (Lipinski definition) is 6. The molecular formula is C24H20ClNO6. The molecule has 32 heavy (non-hydrogen) atoms. The van der Waals surface area contributed by atoms with Gasteiger partial charge in [-0.2, -0.15) is 0 Å². The summed E-state index contributed by atoms with van der Waals surface area (Å²) >= 11 is 6.08. The molecule has 0 radical (unpaired) electrons. The maximum absolute atomic E-state index is 13.2. The van der Waals surface area contributed by atoms with Crippen LogP contribution in [0.2, 0.25) is 5.02 Å². The Hall–Kier alpha value is -3.71. The molecule has 1 atom stereocenters. The zero-order valence-electron chi connectivity index (χ0n) is 17.6. The normalized spacial score (nSPS) is 17.6. The molecule has 1 aliphatic heterocycles. The first-order chi connectivity index (χ1) is 15.4. The zero-order valence-corrected chi connectivity index (χ0v) is 18.3. The van der Waals surface area contributed by atoms with Gasteiger partial charge in [-0.05, 0) is 61.0 Å². The molecule has 2 heterocycles. The maximum atomic E-state index is 13.2. The Morgan fingerprint density at radius 3 is 2.50 bits per heavy atom. The molecule has 0 spiro atoms. The minimum absolute atomic E-state index is 0.120. The zero-order chi connectivity index (χ0) is 23.0. The molecule has 2 aromatic carbocycles. The van der Waals surface area contributed by atoms with E-state index in [2.05, 4.69) is 0 Å². The number of aryl methyl sites for hydroxylation is 1. The number of halogens is 1. The Kier molecular flexibility index (Phi) is 5.67. The number of hydrogen-bond donors (Lipinski definition) is 1. The van der Waals surface area contributed by atoms with Gasteiger partial charge in [-0.25, -0.2) is 0 Å². The van der Waals surface area contributed by atoms with Crippen LogP contribution in [0, 0.1) is 6.92 Å². The summed E-state index contributed by atoms with van der Waals surface area (Å²) in [5.74, 6) is -0.944. The van der Waals surface area contributed by atoms with E-state index in [9.17, 15) is 14.7 Å². The van der Waals surface area contributed by atoms with Crippen LogP contribution in [-0.2, 0) is 9.59 Å². The highest BCUT2D eigenvalue weighted by Gasteiger charge is 2.49. The van der Waals surface area contributed by atoms with E-state index in [-0.39, 0.29) is 11.1 Å². The third kappa shape index (κ3) is 3.50. The number of rotatable bonds is 5. The van der Waals surface area contributed by atoms with Crippen molar-refractivity contribution in [3.63, 3.8) is 0 Å². The summed E-state index contributed by atoms with van der Waals surface area (Å²) in [6.45, 7) is 1.78. The summed E-state index contributed by atoms with van der Waals surface area (Å²) in [5.41, 5.74) is 1.27. The Labute approximate surface area is 189 Å². The minimum atomic E-state index is -0.985. The first-order valence-corrected chi connectivity index (χ1v) is 10.1. The minimum Gasteiger partial charge on any atom is -0.507 e. The van der Waals surface area contributed by atoms with Gasteiger partial charge in [0.2, 0.25) is 0 Å². The van der Waals surface area contributed by atoms with Crippen molar-refractivity contribution in [1.82, 2.24) is 0 Å². The van der Waals surface area contributed by atoms with Gasteiger partial charge in [0.15, 0.2) is 0 Å². The fourth-order valence-electron chi connectivity index (χ4n) is 3.83. The number of carbonyl (C=O) groups excluding carboxylic acids is 2. The second kappa shape index (κ2) is 8.43. The molecule has 8 heteroatoms. The predicted molar refractivity (Wildman–Crippen MR) is 119 cm³/mol. The monoisotopic (exact) mass is 453 g/mol. The average molecular weight is 454 g/mol. The number of aliphatic hydroxyl groups excluding tert-OH is 1. The van der Waals surface area contributed by atoms with Crippen molar-refractivity contribution in [3.05, 3.63) is 82.3 Å². The highest BCUT2D eigenvalue weighted by molar-refractivity contribution is 6.51. The summed E-state index contributed by atoms with van der Waals surface area (Å²) in [6, 6.07) is 12.1. The molecule has 0 bridgehead atoms. The van der Waals surface area contributed by atoms with Crippen molar-refractivity contribution in [3.8, 4) is 11.5 Å². The molecule has 1 fully saturated rings. The number of anilines is 1. The maximum Gasteiger partial charge on any atom is 0.300 e.